The molecule has 0 bridgehead atoms. The molecule has 2 amide bonds. The standard InChI is InChI=1S/C18H18N2O2S/c21-16(15-7-4-12-23-15)19-10-8-18(9-11-19)13-20(17(18)22)14-5-2-1-3-6-14/h1-7,12H,8-11,13H2. The minimum Gasteiger partial charge on any atom is -0.338 e. The Morgan fingerprint density at radius 3 is 2.39 bits per heavy atom. The van der Waals surface area contributed by atoms with Gasteiger partial charge in [-0.05, 0) is 36.4 Å². The summed E-state index contributed by atoms with van der Waals surface area (Å²) in [7, 11) is 0. The Labute approximate surface area is 139 Å². The number of thiophene rings is 1. The maximum Gasteiger partial charge on any atom is 0.263 e. The number of amides is 2. The third-order valence-corrected chi connectivity index (χ3v) is 5.83. The van der Waals surface area contributed by atoms with Gasteiger partial charge in [-0.3, -0.25) is 9.59 Å². The number of carbonyl (C=O) groups is 2. The number of rotatable bonds is 2. The molecule has 0 N–H and O–H groups in total. The summed E-state index contributed by atoms with van der Waals surface area (Å²) in [6.07, 6.45) is 1.54. The van der Waals surface area contributed by atoms with Crippen LogP contribution in [0.3, 0.4) is 0 Å². The Kier molecular flexibility index (Phi) is 3.45. The lowest BCUT2D eigenvalue weighted by Gasteiger charge is -2.52. The van der Waals surface area contributed by atoms with Gasteiger partial charge in [0.25, 0.3) is 5.91 Å². The van der Waals surface area contributed by atoms with Crippen molar-refractivity contribution in [2.45, 2.75) is 12.8 Å². The van der Waals surface area contributed by atoms with Crippen molar-refractivity contribution in [3.63, 3.8) is 0 Å². The van der Waals surface area contributed by atoms with Gasteiger partial charge in [0.05, 0.1) is 10.3 Å². The van der Waals surface area contributed by atoms with Gasteiger partial charge in [0.1, 0.15) is 0 Å². The second kappa shape index (κ2) is 5.49. The van der Waals surface area contributed by atoms with E-state index in [1.807, 2.05) is 57.6 Å². The second-order valence-electron chi connectivity index (χ2n) is 6.28. The predicted molar refractivity (Wildman–Crippen MR) is 90.7 cm³/mol. The summed E-state index contributed by atoms with van der Waals surface area (Å²) in [5.41, 5.74) is 0.724. The highest BCUT2D eigenvalue weighted by molar-refractivity contribution is 7.12. The average Bonchev–Trinajstić information content (AvgIpc) is 3.14. The van der Waals surface area contributed by atoms with Gasteiger partial charge in [0.15, 0.2) is 0 Å². The summed E-state index contributed by atoms with van der Waals surface area (Å²) in [6.45, 7) is 2.12. The van der Waals surface area contributed by atoms with Crippen LogP contribution in [-0.2, 0) is 4.79 Å². The monoisotopic (exact) mass is 326 g/mol. The smallest absolute Gasteiger partial charge is 0.263 e. The molecule has 0 unspecified atom stereocenters. The minimum absolute atomic E-state index is 0.0986. The van der Waals surface area contributed by atoms with Crippen LogP contribution in [0.15, 0.2) is 47.8 Å². The summed E-state index contributed by atoms with van der Waals surface area (Å²) in [6, 6.07) is 13.6. The zero-order valence-electron chi connectivity index (χ0n) is 12.8. The van der Waals surface area contributed by atoms with Crippen LogP contribution in [0.25, 0.3) is 0 Å². The number of anilines is 1. The number of β-lactam (4-membered cyclic amide) rings is 1. The van der Waals surface area contributed by atoms with Gasteiger partial charge in [0, 0.05) is 25.3 Å². The van der Waals surface area contributed by atoms with Crippen molar-refractivity contribution in [3.05, 3.63) is 52.7 Å². The molecular weight excluding hydrogens is 308 g/mol. The first-order valence-electron chi connectivity index (χ1n) is 7.89. The molecule has 1 aromatic heterocycles. The zero-order valence-corrected chi connectivity index (χ0v) is 13.6. The molecule has 0 radical (unpaired) electrons. The van der Waals surface area contributed by atoms with Crippen molar-refractivity contribution in [2.75, 3.05) is 24.5 Å². The molecular formula is C18H18N2O2S. The second-order valence-corrected chi connectivity index (χ2v) is 7.22. The van der Waals surface area contributed by atoms with E-state index >= 15 is 0 Å². The predicted octanol–water partition coefficient (Wildman–Crippen LogP) is 3.02. The van der Waals surface area contributed by atoms with Crippen LogP contribution in [0, 0.1) is 5.41 Å². The molecule has 1 spiro atoms. The van der Waals surface area contributed by atoms with E-state index in [-0.39, 0.29) is 17.2 Å². The first-order valence-corrected chi connectivity index (χ1v) is 8.77. The van der Waals surface area contributed by atoms with E-state index in [2.05, 4.69) is 0 Å². The third kappa shape index (κ3) is 2.36. The lowest BCUT2D eigenvalue weighted by molar-refractivity contribution is -0.138. The molecule has 0 aliphatic carbocycles. The Hall–Kier alpha value is -2.14. The third-order valence-electron chi connectivity index (χ3n) is 4.97. The van der Waals surface area contributed by atoms with E-state index in [9.17, 15) is 9.59 Å². The minimum atomic E-state index is -0.248. The number of piperidine rings is 1. The maximum atomic E-state index is 12.7. The molecule has 4 rings (SSSR count). The lowest BCUT2D eigenvalue weighted by Crippen LogP contribution is -2.65. The molecule has 118 valence electrons. The Morgan fingerprint density at radius 2 is 1.78 bits per heavy atom. The van der Waals surface area contributed by atoms with E-state index in [4.69, 9.17) is 0 Å². The van der Waals surface area contributed by atoms with Crippen molar-refractivity contribution in [2.24, 2.45) is 5.41 Å². The fourth-order valence-electron chi connectivity index (χ4n) is 3.52. The van der Waals surface area contributed by atoms with E-state index in [0.29, 0.717) is 13.1 Å². The molecule has 0 saturated carbocycles. The highest BCUT2D eigenvalue weighted by Crippen LogP contribution is 2.44. The van der Waals surface area contributed by atoms with Crippen molar-refractivity contribution >= 4 is 28.8 Å². The topological polar surface area (TPSA) is 40.6 Å². The fourth-order valence-corrected chi connectivity index (χ4v) is 4.21. The molecule has 0 atom stereocenters. The lowest BCUT2D eigenvalue weighted by atomic mass is 9.70. The molecule has 2 saturated heterocycles. The Morgan fingerprint density at radius 1 is 1.04 bits per heavy atom. The van der Waals surface area contributed by atoms with Crippen LogP contribution in [-0.4, -0.2) is 36.3 Å². The molecule has 2 aliphatic heterocycles. The van der Waals surface area contributed by atoms with Gasteiger partial charge in [0.2, 0.25) is 5.91 Å². The Balaban J connectivity index is 1.41. The van der Waals surface area contributed by atoms with Crippen LogP contribution >= 0.6 is 11.3 Å². The molecule has 2 aromatic rings. The van der Waals surface area contributed by atoms with Gasteiger partial charge < -0.3 is 9.80 Å². The summed E-state index contributed by atoms with van der Waals surface area (Å²) in [4.78, 5) is 29.6. The number of para-hydroxylation sites is 1. The maximum absolute atomic E-state index is 12.7. The fraction of sp³-hybridized carbons (Fsp3) is 0.333. The number of hydrogen-bond donors (Lipinski definition) is 0. The normalized spacial score (nSPS) is 19.7. The molecule has 5 heteroatoms. The largest absolute Gasteiger partial charge is 0.338 e. The molecule has 1 aromatic carbocycles. The van der Waals surface area contributed by atoms with Crippen molar-refractivity contribution < 1.29 is 9.59 Å². The molecule has 2 aliphatic rings. The summed E-state index contributed by atoms with van der Waals surface area (Å²) in [5, 5.41) is 1.92. The number of benzene rings is 1. The van der Waals surface area contributed by atoms with Gasteiger partial charge in [-0.25, -0.2) is 0 Å². The van der Waals surface area contributed by atoms with Crippen LogP contribution in [0.1, 0.15) is 22.5 Å². The SMILES string of the molecule is O=C(c1cccs1)N1CCC2(CC1)CN(c1ccccc1)C2=O. The molecule has 2 fully saturated rings. The highest BCUT2D eigenvalue weighted by atomic mass is 32.1. The van der Waals surface area contributed by atoms with Gasteiger partial charge in [-0.1, -0.05) is 24.3 Å². The first-order chi connectivity index (χ1) is 11.2. The van der Waals surface area contributed by atoms with E-state index < -0.39 is 0 Å². The van der Waals surface area contributed by atoms with E-state index in [1.165, 1.54) is 11.3 Å². The number of likely N-dealkylation sites (tertiary alicyclic amines) is 1. The number of hydrogen-bond acceptors (Lipinski definition) is 3. The van der Waals surface area contributed by atoms with Crippen molar-refractivity contribution in [3.8, 4) is 0 Å². The summed E-state index contributed by atoms with van der Waals surface area (Å²) >= 11 is 1.48. The average molecular weight is 326 g/mol. The van der Waals surface area contributed by atoms with Crippen molar-refractivity contribution in [1.82, 2.24) is 4.90 Å². The van der Waals surface area contributed by atoms with Gasteiger partial charge in [-0.15, -0.1) is 11.3 Å². The molecule has 3 heterocycles. The molecule has 4 nitrogen and oxygen atoms in total. The van der Waals surface area contributed by atoms with Crippen molar-refractivity contribution in [1.29, 1.82) is 0 Å². The number of carbonyl (C=O) groups excluding carboxylic acids is 2. The van der Waals surface area contributed by atoms with Gasteiger partial charge >= 0.3 is 0 Å². The zero-order chi connectivity index (χ0) is 15.9. The molecule has 23 heavy (non-hydrogen) atoms. The van der Waals surface area contributed by atoms with Crippen LogP contribution in [0.4, 0.5) is 5.69 Å². The summed E-state index contributed by atoms with van der Waals surface area (Å²) < 4.78 is 0. The van der Waals surface area contributed by atoms with E-state index in [0.717, 1.165) is 30.0 Å². The van der Waals surface area contributed by atoms with Crippen LogP contribution < -0.4 is 4.90 Å². The summed E-state index contributed by atoms with van der Waals surface area (Å²) in [5.74, 6) is 0.313. The first kappa shape index (κ1) is 14.5. The van der Waals surface area contributed by atoms with Gasteiger partial charge in [-0.2, -0.15) is 0 Å². The Bertz CT molecular complexity index is 719. The quantitative estimate of drug-likeness (QED) is 0.796. The van der Waals surface area contributed by atoms with Crippen LogP contribution in [0.2, 0.25) is 0 Å². The van der Waals surface area contributed by atoms with E-state index in [1.54, 1.807) is 0 Å². The van der Waals surface area contributed by atoms with Crippen LogP contribution in [0.5, 0.6) is 0 Å². The highest BCUT2D eigenvalue weighted by Gasteiger charge is 2.53. The number of nitrogens with zero attached hydrogens (tertiary/aromatic N) is 2.